The van der Waals surface area contributed by atoms with Crippen LogP contribution in [0.4, 0.5) is 0 Å². The lowest BCUT2D eigenvalue weighted by atomic mass is 9.86. The minimum absolute atomic E-state index is 0.0131. The Labute approximate surface area is 97.4 Å². The molecule has 1 rings (SSSR count). The van der Waals surface area contributed by atoms with E-state index < -0.39 is 0 Å². The third-order valence-electron chi connectivity index (χ3n) is 3.05. The number of aliphatic hydroxyl groups excluding tert-OH is 1. The fourth-order valence-corrected chi connectivity index (χ4v) is 2.07. The van der Waals surface area contributed by atoms with Crippen molar-refractivity contribution in [1.82, 2.24) is 5.32 Å². The SMILES string of the molecule is CCCOCC(=O)NC1CCC(CO)CC1. The van der Waals surface area contributed by atoms with Crippen LogP contribution < -0.4 is 5.32 Å². The standard InChI is InChI=1S/C12H23NO3/c1-2-7-16-9-12(15)13-11-5-3-10(8-14)4-6-11/h10-11,14H,2-9H2,1H3,(H,13,15). The minimum Gasteiger partial charge on any atom is -0.396 e. The first-order valence-electron chi connectivity index (χ1n) is 6.24. The van der Waals surface area contributed by atoms with Crippen LogP contribution in [0, 0.1) is 5.92 Å². The molecule has 0 saturated heterocycles. The predicted molar refractivity (Wildman–Crippen MR) is 62.1 cm³/mol. The van der Waals surface area contributed by atoms with Crippen molar-refractivity contribution in [3.63, 3.8) is 0 Å². The lowest BCUT2D eigenvalue weighted by Gasteiger charge is -2.27. The van der Waals surface area contributed by atoms with Gasteiger partial charge in [-0.15, -0.1) is 0 Å². The summed E-state index contributed by atoms with van der Waals surface area (Å²) in [6.07, 6.45) is 4.92. The van der Waals surface area contributed by atoms with Gasteiger partial charge in [-0.05, 0) is 38.0 Å². The summed E-state index contributed by atoms with van der Waals surface area (Å²) in [6, 6.07) is 0.278. The number of nitrogens with one attached hydrogen (secondary N) is 1. The number of carbonyl (C=O) groups is 1. The Morgan fingerprint density at radius 2 is 2.06 bits per heavy atom. The van der Waals surface area contributed by atoms with Gasteiger partial charge in [0.15, 0.2) is 0 Å². The molecule has 1 saturated carbocycles. The molecule has 4 nitrogen and oxygen atoms in total. The van der Waals surface area contributed by atoms with Crippen LogP contribution in [0.3, 0.4) is 0 Å². The van der Waals surface area contributed by atoms with Crippen molar-refractivity contribution in [2.75, 3.05) is 19.8 Å². The van der Waals surface area contributed by atoms with Crippen LogP contribution in [-0.2, 0) is 9.53 Å². The van der Waals surface area contributed by atoms with Gasteiger partial charge in [0.05, 0.1) is 0 Å². The molecule has 0 heterocycles. The Bertz CT molecular complexity index is 200. The molecule has 1 amide bonds. The number of aliphatic hydroxyl groups is 1. The third kappa shape index (κ3) is 4.94. The lowest BCUT2D eigenvalue weighted by Crippen LogP contribution is -2.39. The summed E-state index contributed by atoms with van der Waals surface area (Å²) < 4.78 is 5.18. The zero-order valence-corrected chi connectivity index (χ0v) is 10.1. The van der Waals surface area contributed by atoms with Crippen molar-refractivity contribution in [3.05, 3.63) is 0 Å². The van der Waals surface area contributed by atoms with Crippen molar-refractivity contribution in [3.8, 4) is 0 Å². The minimum atomic E-state index is -0.0131. The Balaban J connectivity index is 2.10. The number of hydrogen-bond donors (Lipinski definition) is 2. The van der Waals surface area contributed by atoms with Crippen LogP contribution in [0.5, 0.6) is 0 Å². The first-order chi connectivity index (χ1) is 7.76. The molecule has 0 radical (unpaired) electrons. The van der Waals surface area contributed by atoms with E-state index in [1.54, 1.807) is 0 Å². The summed E-state index contributed by atoms with van der Waals surface area (Å²) in [7, 11) is 0. The van der Waals surface area contributed by atoms with Crippen LogP contribution in [0.15, 0.2) is 0 Å². The molecule has 1 fully saturated rings. The number of amides is 1. The Morgan fingerprint density at radius 3 is 2.62 bits per heavy atom. The maximum Gasteiger partial charge on any atom is 0.246 e. The van der Waals surface area contributed by atoms with Gasteiger partial charge in [0.1, 0.15) is 6.61 Å². The van der Waals surface area contributed by atoms with Gasteiger partial charge in [0.2, 0.25) is 5.91 Å². The molecule has 0 bridgehead atoms. The molecule has 0 aliphatic heterocycles. The van der Waals surface area contributed by atoms with Gasteiger partial charge < -0.3 is 15.2 Å². The molecule has 0 unspecified atom stereocenters. The van der Waals surface area contributed by atoms with Gasteiger partial charge >= 0.3 is 0 Å². The topological polar surface area (TPSA) is 58.6 Å². The highest BCUT2D eigenvalue weighted by Crippen LogP contribution is 2.23. The second-order valence-corrected chi connectivity index (χ2v) is 4.52. The average Bonchev–Trinajstić information content (AvgIpc) is 2.30. The third-order valence-corrected chi connectivity index (χ3v) is 3.05. The summed E-state index contributed by atoms with van der Waals surface area (Å²) in [5.41, 5.74) is 0. The largest absolute Gasteiger partial charge is 0.396 e. The van der Waals surface area contributed by atoms with E-state index in [0.717, 1.165) is 32.1 Å². The molecule has 0 aromatic carbocycles. The first kappa shape index (κ1) is 13.5. The molecule has 0 atom stereocenters. The van der Waals surface area contributed by atoms with Crippen LogP contribution >= 0.6 is 0 Å². The Kier molecular flexibility index (Phi) is 6.42. The summed E-state index contributed by atoms with van der Waals surface area (Å²) in [4.78, 5) is 11.5. The van der Waals surface area contributed by atoms with E-state index in [0.29, 0.717) is 12.5 Å². The molecule has 0 aromatic heterocycles. The van der Waals surface area contributed by atoms with E-state index >= 15 is 0 Å². The van der Waals surface area contributed by atoms with Crippen molar-refractivity contribution >= 4 is 5.91 Å². The van der Waals surface area contributed by atoms with Crippen LogP contribution in [0.1, 0.15) is 39.0 Å². The molecule has 2 N–H and O–H groups in total. The molecule has 94 valence electrons. The molecule has 1 aliphatic rings. The number of hydrogen-bond acceptors (Lipinski definition) is 3. The zero-order chi connectivity index (χ0) is 11.8. The normalized spacial score (nSPS) is 25.4. The molecule has 16 heavy (non-hydrogen) atoms. The highest BCUT2D eigenvalue weighted by Gasteiger charge is 2.21. The molecular formula is C12H23NO3. The monoisotopic (exact) mass is 229 g/mol. The molecule has 4 heteroatoms. The van der Waals surface area contributed by atoms with E-state index in [-0.39, 0.29) is 25.2 Å². The van der Waals surface area contributed by atoms with Gasteiger partial charge in [-0.25, -0.2) is 0 Å². The highest BCUT2D eigenvalue weighted by molar-refractivity contribution is 5.77. The van der Waals surface area contributed by atoms with Crippen LogP contribution in [0.2, 0.25) is 0 Å². The van der Waals surface area contributed by atoms with Crippen LogP contribution in [-0.4, -0.2) is 36.9 Å². The molecule has 0 spiro atoms. The summed E-state index contributed by atoms with van der Waals surface area (Å²) in [5.74, 6) is 0.422. The number of ether oxygens (including phenoxy) is 1. The van der Waals surface area contributed by atoms with Crippen molar-refractivity contribution in [1.29, 1.82) is 0 Å². The van der Waals surface area contributed by atoms with E-state index in [4.69, 9.17) is 9.84 Å². The van der Waals surface area contributed by atoms with Gasteiger partial charge in [-0.3, -0.25) is 4.79 Å². The predicted octanol–water partition coefficient (Wildman–Crippen LogP) is 1.08. The van der Waals surface area contributed by atoms with E-state index in [1.165, 1.54) is 0 Å². The maximum atomic E-state index is 11.5. The maximum absolute atomic E-state index is 11.5. The van der Waals surface area contributed by atoms with E-state index in [2.05, 4.69) is 5.32 Å². The first-order valence-corrected chi connectivity index (χ1v) is 6.24. The molecule has 1 aliphatic carbocycles. The van der Waals surface area contributed by atoms with E-state index in [9.17, 15) is 4.79 Å². The molecule has 0 aromatic rings. The second-order valence-electron chi connectivity index (χ2n) is 4.52. The summed E-state index contributed by atoms with van der Waals surface area (Å²) in [6.45, 7) is 3.12. The smallest absolute Gasteiger partial charge is 0.246 e. The highest BCUT2D eigenvalue weighted by atomic mass is 16.5. The van der Waals surface area contributed by atoms with Gasteiger partial charge in [-0.1, -0.05) is 6.92 Å². The van der Waals surface area contributed by atoms with Crippen molar-refractivity contribution in [2.45, 2.75) is 45.1 Å². The van der Waals surface area contributed by atoms with Crippen molar-refractivity contribution < 1.29 is 14.6 Å². The van der Waals surface area contributed by atoms with E-state index in [1.807, 2.05) is 6.92 Å². The van der Waals surface area contributed by atoms with Gasteiger partial charge in [0, 0.05) is 19.3 Å². The molecular weight excluding hydrogens is 206 g/mol. The second kappa shape index (κ2) is 7.63. The fourth-order valence-electron chi connectivity index (χ4n) is 2.07. The van der Waals surface area contributed by atoms with Crippen molar-refractivity contribution in [2.24, 2.45) is 5.92 Å². The Morgan fingerprint density at radius 1 is 1.38 bits per heavy atom. The number of rotatable bonds is 6. The average molecular weight is 229 g/mol. The summed E-state index contributed by atoms with van der Waals surface area (Å²) in [5, 5.41) is 12.0. The number of carbonyl (C=O) groups excluding carboxylic acids is 1. The zero-order valence-electron chi connectivity index (χ0n) is 10.1. The fraction of sp³-hybridized carbons (Fsp3) is 0.917. The van der Waals surface area contributed by atoms with Gasteiger partial charge in [-0.2, -0.15) is 0 Å². The quantitative estimate of drug-likeness (QED) is 0.670. The lowest BCUT2D eigenvalue weighted by molar-refractivity contribution is -0.126. The van der Waals surface area contributed by atoms with Crippen LogP contribution in [0.25, 0.3) is 0 Å². The Hall–Kier alpha value is -0.610. The van der Waals surface area contributed by atoms with Gasteiger partial charge in [0.25, 0.3) is 0 Å². The summed E-state index contributed by atoms with van der Waals surface area (Å²) >= 11 is 0.